The van der Waals surface area contributed by atoms with E-state index in [1.54, 1.807) is 47.6 Å². The van der Waals surface area contributed by atoms with E-state index in [9.17, 15) is 14.7 Å². The van der Waals surface area contributed by atoms with Crippen LogP contribution in [0, 0.1) is 5.92 Å². The lowest BCUT2D eigenvalue weighted by Crippen LogP contribution is -2.50. The Balaban J connectivity index is 1.66. The SMILES string of the molecule is C[C@H]1CN([C@@H](C)CO)C(=O)c2cc(C3=CCCCC3)cnc2O[C@@H]1CN(C)C(=O)c1ccncc1. The summed E-state index contributed by atoms with van der Waals surface area (Å²) in [5.74, 6) is -0.156. The van der Waals surface area contributed by atoms with Crippen molar-refractivity contribution < 1.29 is 19.4 Å². The Labute approximate surface area is 206 Å². The van der Waals surface area contributed by atoms with Crippen LogP contribution in [-0.4, -0.2) is 75.6 Å². The van der Waals surface area contributed by atoms with E-state index in [0.717, 1.165) is 24.8 Å². The van der Waals surface area contributed by atoms with E-state index in [4.69, 9.17) is 4.74 Å². The predicted molar refractivity (Wildman–Crippen MR) is 133 cm³/mol. The maximum atomic E-state index is 13.6. The summed E-state index contributed by atoms with van der Waals surface area (Å²) in [6.45, 7) is 4.41. The molecule has 0 spiro atoms. The van der Waals surface area contributed by atoms with Crippen molar-refractivity contribution in [1.29, 1.82) is 0 Å². The molecule has 35 heavy (non-hydrogen) atoms. The molecule has 2 aromatic heterocycles. The number of aromatic nitrogens is 2. The van der Waals surface area contributed by atoms with Gasteiger partial charge in [0.2, 0.25) is 5.88 Å². The van der Waals surface area contributed by atoms with Gasteiger partial charge in [0.15, 0.2) is 0 Å². The Morgan fingerprint density at radius 3 is 2.77 bits per heavy atom. The molecule has 0 saturated carbocycles. The molecule has 1 aliphatic heterocycles. The number of amides is 2. The highest BCUT2D eigenvalue weighted by Gasteiger charge is 2.35. The molecule has 3 heterocycles. The lowest BCUT2D eigenvalue weighted by Gasteiger charge is -2.37. The number of carbonyl (C=O) groups excluding carboxylic acids is 2. The van der Waals surface area contributed by atoms with Gasteiger partial charge in [0, 0.05) is 43.7 Å². The number of allylic oxidation sites excluding steroid dienone is 2. The Bertz CT molecular complexity index is 1090. The second-order valence-electron chi connectivity index (χ2n) is 9.60. The fourth-order valence-corrected chi connectivity index (χ4v) is 4.66. The molecule has 1 N–H and O–H groups in total. The average molecular weight is 479 g/mol. The van der Waals surface area contributed by atoms with Gasteiger partial charge in [-0.3, -0.25) is 14.6 Å². The molecule has 186 valence electrons. The van der Waals surface area contributed by atoms with Gasteiger partial charge in [-0.05, 0) is 61.9 Å². The lowest BCUT2D eigenvalue weighted by molar-refractivity contribution is 0.0313. The lowest BCUT2D eigenvalue weighted by atomic mass is 9.93. The molecule has 0 radical (unpaired) electrons. The van der Waals surface area contributed by atoms with Crippen molar-refractivity contribution in [2.24, 2.45) is 5.92 Å². The number of fused-ring (bicyclic) bond motifs is 1. The molecular formula is C27H34N4O4. The van der Waals surface area contributed by atoms with Crippen LogP contribution in [0.3, 0.4) is 0 Å². The van der Waals surface area contributed by atoms with Crippen LogP contribution < -0.4 is 4.74 Å². The highest BCUT2D eigenvalue weighted by Crippen LogP contribution is 2.32. The van der Waals surface area contributed by atoms with Gasteiger partial charge in [-0.15, -0.1) is 0 Å². The number of rotatable bonds is 6. The molecule has 0 bridgehead atoms. The summed E-state index contributed by atoms with van der Waals surface area (Å²) in [4.78, 5) is 38.4. The van der Waals surface area contributed by atoms with E-state index in [1.165, 1.54) is 12.0 Å². The largest absolute Gasteiger partial charge is 0.472 e. The van der Waals surface area contributed by atoms with Crippen molar-refractivity contribution in [3.05, 3.63) is 59.6 Å². The molecule has 4 rings (SSSR count). The van der Waals surface area contributed by atoms with E-state index in [0.29, 0.717) is 24.2 Å². The van der Waals surface area contributed by atoms with E-state index in [-0.39, 0.29) is 36.3 Å². The van der Waals surface area contributed by atoms with E-state index in [2.05, 4.69) is 16.0 Å². The van der Waals surface area contributed by atoms with Crippen LogP contribution in [0.5, 0.6) is 5.88 Å². The molecule has 0 saturated heterocycles. The van der Waals surface area contributed by atoms with Crippen molar-refractivity contribution in [3.8, 4) is 5.88 Å². The second-order valence-corrected chi connectivity index (χ2v) is 9.60. The number of likely N-dealkylation sites (N-methyl/N-ethyl adjacent to an activating group) is 1. The van der Waals surface area contributed by atoms with Crippen LogP contribution in [0.4, 0.5) is 0 Å². The zero-order valence-electron chi connectivity index (χ0n) is 20.7. The van der Waals surface area contributed by atoms with Gasteiger partial charge < -0.3 is 19.6 Å². The average Bonchev–Trinajstić information content (AvgIpc) is 2.90. The maximum absolute atomic E-state index is 13.6. The van der Waals surface area contributed by atoms with Crippen LogP contribution in [0.1, 0.15) is 65.8 Å². The summed E-state index contributed by atoms with van der Waals surface area (Å²) in [6, 6.07) is 4.88. The smallest absolute Gasteiger partial charge is 0.259 e. The molecule has 2 aliphatic rings. The fourth-order valence-electron chi connectivity index (χ4n) is 4.66. The fraction of sp³-hybridized carbons (Fsp3) is 0.481. The summed E-state index contributed by atoms with van der Waals surface area (Å²) >= 11 is 0. The molecule has 8 heteroatoms. The number of hydrogen-bond acceptors (Lipinski definition) is 6. The molecule has 2 aromatic rings. The van der Waals surface area contributed by atoms with E-state index < -0.39 is 6.10 Å². The van der Waals surface area contributed by atoms with Crippen LogP contribution in [0.2, 0.25) is 0 Å². The zero-order chi connectivity index (χ0) is 24.9. The highest BCUT2D eigenvalue weighted by molar-refractivity contribution is 5.97. The minimum atomic E-state index is -0.390. The number of ether oxygens (including phenoxy) is 1. The molecule has 0 unspecified atom stereocenters. The quantitative estimate of drug-likeness (QED) is 0.684. The molecule has 2 amide bonds. The summed E-state index contributed by atoms with van der Waals surface area (Å²) in [7, 11) is 1.74. The molecular weight excluding hydrogens is 444 g/mol. The molecule has 8 nitrogen and oxygen atoms in total. The number of carbonyl (C=O) groups is 2. The van der Waals surface area contributed by atoms with Crippen molar-refractivity contribution in [2.75, 3.05) is 26.7 Å². The third-order valence-corrected chi connectivity index (χ3v) is 6.91. The van der Waals surface area contributed by atoms with Gasteiger partial charge in [0.05, 0.1) is 19.2 Å². The maximum Gasteiger partial charge on any atom is 0.259 e. The minimum Gasteiger partial charge on any atom is -0.472 e. The molecule has 1 aliphatic carbocycles. The Morgan fingerprint density at radius 2 is 2.09 bits per heavy atom. The number of nitrogens with zero attached hydrogens (tertiary/aromatic N) is 4. The third-order valence-electron chi connectivity index (χ3n) is 6.91. The second kappa shape index (κ2) is 11.0. The first kappa shape index (κ1) is 24.9. The van der Waals surface area contributed by atoms with Gasteiger partial charge in [0.1, 0.15) is 11.7 Å². The molecule has 0 fully saturated rings. The Kier molecular flexibility index (Phi) is 7.80. The first-order valence-electron chi connectivity index (χ1n) is 12.3. The first-order chi connectivity index (χ1) is 16.9. The van der Waals surface area contributed by atoms with Gasteiger partial charge >= 0.3 is 0 Å². The Hall–Kier alpha value is -3.26. The van der Waals surface area contributed by atoms with Gasteiger partial charge in [0.25, 0.3) is 11.8 Å². The monoisotopic (exact) mass is 478 g/mol. The summed E-state index contributed by atoms with van der Waals surface area (Å²) < 4.78 is 6.33. The normalized spacial score (nSPS) is 21.2. The van der Waals surface area contributed by atoms with Gasteiger partial charge in [-0.25, -0.2) is 4.98 Å². The van der Waals surface area contributed by atoms with Crippen molar-refractivity contribution in [2.45, 2.75) is 51.7 Å². The van der Waals surface area contributed by atoms with Crippen LogP contribution >= 0.6 is 0 Å². The number of aliphatic hydroxyl groups is 1. The van der Waals surface area contributed by atoms with Crippen molar-refractivity contribution in [1.82, 2.24) is 19.8 Å². The highest BCUT2D eigenvalue weighted by atomic mass is 16.5. The van der Waals surface area contributed by atoms with Gasteiger partial charge in [-0.2, -0.15) is 0 Å². The first-order valence-corrected chi connectivity index (χ1v) is 12.3. The van der Waals surface area contributed by atoms with Crippen molar-refractivity contribution in [3.63, 3.8) is 0 Å². The third kappa shape index (κ3) is 5.53. The molecule has 3 atom stereocenters. The van der Waals surface area contributed by atoms with E-state index in [1.807, 2.05) is 19.9 Å². The zero-order valence-corrected chi connectivity index (χ0v) is 20.7. The summed E-state index contributed by atoms with van der Waals surface area (Å²) in [5.41, 5.74) is 3.09. The number of pyridine rings is 2. The Morgan fingerprint density at radius 1 is 1.31 bits per heavy atom. The van der Waals surface area contributed by atoms with Gasteiger partial charge in [-0.1, -0.05) is 13.0 Å². The summed E-state index contributed by atoms with van der Waals surface area (Å²) in [5, 5.41) is 9.86. The van der Waals surface area contributed by atoms with E-state index >= 15 is 0 Å². The van der Waals surface area contributed by atoms with Crippen LogP contribution in [0.15, 0.2) is 42.9 Å². The standard InChI is InChI=1S/C27H34N4O4/c1-18-15-31(19(2)17-32)27(34)23-13-22(20-7-5-4-6-8-20)14-29-25(23)35-24(18)16-30(3)26(33)21-9-11-28-12-10-21/h7,9-14,18-19,24,32H,4-6,8,15-17H2,1-3H3/t18-,19-,24+/m0/s1. The topological polar surface area (TPSA) is 95.9 Å². The molecule has 0 aromatic carbocycles. The number of aliphatic hydroxyl groups excluding tert-OH is 1. The van der Waals surface area contributed by atoms with Crippen molar-refractivity contribution >= 4 is 17.4 Å². The minimum absolute atomic E-state index is 0.101. The predicted octanol–water partition coefficient (Wildman–Crippen LogP) is 3.43. The van der Waals surface area contributed by atoms with Crippen LogP contribution in [0.25, 0.3) is 5.57 Å². The van der Waals surface area contributed by atoms with Crippen LogP contribution in [-0.2, 0) is 0 Å². The summed E-state index contributed by atoms with van der Waals surface area (Å²) in [6.07, 6.45) is 11.1. The number of hydrogen-bond donors (Lipinski definition) is 1.